The second-order valence-corrected chi connectivity index (χ2v) is 5.75. The predicted molar refractivity (Wildman–Crippen MR) is 100 cm³/mol. The van der Waals surface area contributed by atoms with E-state index in [-0.39, 0.29) is 17.3 Å². The summed E-state index contributed by atoms with van der Waals surface area (Å²) in [5, 5.41) is 25.0. The van der Waals surface area contributed by atoms with Gasteiger partial charge in [-0.2, -0.15) is 9.90 Å². The summed E-state index contributed by atoms with van der Waals surface area (Å²) in [5.41, 5.74) is 2.36. The maximum Gasteiger partial charge on any atom is 0.273 e. The van der Waals surface area contributed by atoms with E-state index in [0.29, 0.717) is 18.8 Å². The Labute approximate surface area is 155 Å². The quantitative estimate of drug-likeness (QED) is 0.377. The van der Waals surface area contributed by atoms with Gasteiger partial charge >= 0.3 is 0 Å². The van der Waals surface area contributed by atoms with Crippen molar-refractivity contribution in [1.82, 2.24) is 20.3 Å². The van der Waals surface area contributed by atoms with Gasteiger partial charge in [-0.05, 0) is 31.2 Å². The fourth-order valence-corrected chi connectivity index (χ4v) is 2.43. The summed E-state index contributed by atoms with van der Waals surface area (Å²) in [4.78, 5) is 23.9. The van der Waals surface area contributed by atoms with Gasteiger partial charge in [0.25, 0.3) is 11.6 Å². The lowest BCUT2D eigenvalue weighted by molar-refractivity contribution is -0.384. The predicted octanol–water partition coefficient (Wildman–Crippen LogP) is 2.33. The largest absolute Gasteiger partial charge is 0.383 e. The Morgan fingerprint density at radius 1 is 1.07 bits per heavy atom. The van der Waals surface area contributed by atoms with E-state index in [4.69, 9.17) is 0 Å². The van der Waals surface area contributed by atoms with Crippen LogP contribution in [-0.4, -0.2) is 38.9 Å². The molecule has 0 saturated carbocycles. The fraction of sp³-hybridized carbons (Fsp3) is 0.167. The number of nitro benzene ring substituents is 1. The van der Waals surface area contributed by atoms with Crippen molar-refractivity contribution in [2.24, 2.45) is 0 Å². The van der Waals surface area contributed by atoms with Crippen LogP contribution in [0.25, 0.3) is 5.69 Å². The molecule has 3 aromatic rings. The molecule has 0 fully saturated rings. The second kappa shape index (κ2) is 8.09. The van der Waals surface area contributed by atoms with Gasteiger partial charge in [0.1, 0.15) is 0 Å². The topological polar surface area (TPSA) is 115 Å². The molecule has 0 aliphatic rings. The first-order valence-corrected chi connectivity index (χ1v) is 8.30. The molecule has 0 aliphatic heterocycles. The Bertz CT molecular complexity index is 937. The van der Waals surface area contributed by atoms with Crippen LogP contribution in [0.2, 0.25) is 0 Å². The Morgan fingerprint density at radius 2 is 1.78 bits per heavy atom. The van der Waals surface area contributed by atoms with Crippen molar-refractivity contribution < 1.29 is 9.72 Å². The third-order valence-electron chi connectivity index (χ3n) is 3.80. The van der Waals surface area contributed by atoms with Gasteiger partial charge in [-0.15, -0.1) is 5.10 Å². The first-order valence-electron chi connectivity index (χ1n) is 8.30. The average Bonchev–Trinajstić information content (AvgIpc) is 3.08. The van der Waals surface area contributed by atoms with Crippen LogP contribution in [0.4, 0.5) is 11.4 Å². The summed E-state index contributed by atoms with van der Waals surface area (Å²) < 4.78 is 0. The molecular formula is C18H18N6O3. The molecule has 2 aromatic carbocycles. The number of benzene rings is 2. The summed E-state index contributed by atoms with van der Waals surface area (Å²) in [7, 11) is 0. The van der Waals surface area contributed by atoms with Gasteiger partial charge in [-0.3, -0.25) is 14.9 Å². The number of rotatable bonds is 7. The summed E-state index contributed by atoms with van der Waals surface area (Å²) in [5.74, 6) is -0.305. The normalized spacial score (nSPS) is 10.4. The average molecular weight is 366 g/mol. The summed E-state index contributed by atoms with van der Waals surface area (Å²) >= 11 is 0. The van der Waals surface area contributed by atoms with Crippen LogP contribution >= 0.6 is 0 Å². The molecule has 0 atom stereocenters. The van der Waals surface area contributed by atoms with Crippen LogP contribution in [0.3, 0.4) is 0 Å². The highest BCUT2D eigenvalue weighted by atomic mass is 16.6. The van der Waals surface area contributed by atoms with Gasteiger partial charge in [0.15, 0.2) is 5.69 Å². The maximum absolute atomic E-state index is 12.3. The third kappa shape index (κ3) is 4.46. The minimum Gasteiger partial charge on any atom is -0.383 e. The monoisotopic (exact) mass is 366 g/mol. The third-order valence-corrected chi connectivity index (χ3v) is 3.80. The Hall–Kier alpha value is -3.75. The molecule has 2 N–H and O–H groups in total. The number of amides is 1. The smallest absolute Gasteiger partial charge is 0.273 e. The number of hydrogen-bond donors (Lipinski definition) is 2. The molecule has 0 unspecified atom stereocenters. The highest BCUT2D eigenvalue weighted by molar-refractivity contribution is 5.93. The number of nitrogens with zero attached hydrogens (tertiary/aromatic N) is 4. The van der Waals surface area contributed by atoms with Gasteiger partial charge < -0.3 is 10.6 Å². The van der Waals surface area contributed by atoms with Crippen molar-refractivity contribution in [3.63, 3.8) is 0 Å². The SMILES string of the molecule is Cc1nn(-c2ccccc2)nc1C(=O)NCCNc1ccc([N+](=O)[O-])cc1. The number of hydrogen-bond acceptors (Lipinski definition) is 6. The number of para-hydroxylation sites is 1. The van der Waals surface area contributed by atoms with E-state index >= 15 is 0 Å². The minimum absolute atomic E-state index is 0.0332. The number of carbonyl (C=O) groups is 1. The molecule has 0 bridgehead atoms. The second-order valence-electron chi connectivity index (χ2n) is 5.75. The first-order chi connectivity index (χ1) is 13.0. The molecule has 1 aromatic heterocycles. The van der Waals surface area contributed by atoms with E-state index < -0.39 is 4.92 Å². The van der Waals surface area contributed by atoms with Crippen LogP contribution in [0, 0.1) is 17.0 Å². The zero-order valence-electron chi connectivity index (χ0n) is 14.6. The number of non-ortho nitro benzene ring substituents is 1. The Morgan fingerprint density at radius 3 is 2.44 bits per heavy atom. The van der Waals surface area contributed by atoms with Crippen LogP contribution in [0.5, 0.6) is 0 Å². The van der Waals surface area contributed by atoms with Gasteiger partial charge in [-0.1, -0.05) is 18.2 Å². The lowest BCUT2D eigenvalue weighted by atomic mass is 10.3. The number of nitro groups is 1. The highest BCUT2D eigenvalue weighted by Crippen LogP contribution is 2.15. The molecule has 3 rings (SSSR count). The van der Waals surface area contributed by atoms with Gasteiger partial charge in [-0.25, -0.2) is 0 Å². The van der Waals surface area contributed by atoms with Crippen molar-refractivity contribution in [2.45, 2.75) is 6.92 Å². The Balaban J connectivity index is 1.52. The van der Waals surface area contributed by atoms with Crippen molar-refractivity contribution in [3.8, 4) is 5.69 Å². The van der Waals surface area contributed by atoms with E-state index in [1.165, 1.54) is 16.9 Å². The van der Waals surface area contributed by atoms with Crippen molar-refractivity contribution >= 4 is 17.3 Å². The highest BCUT2D eigenvalue weighted by Gasteiger charge is 2.15. The molecule has 138 valence electrons. The lowest BCUT2D eigenvalue weighted by Gasteiger charge is -2.07. The maximum atomic E-state index is 12.3. The molecule has 9 heteroatoms. The molecule has 0 radical (unpaired) electrons. The van der Waals surface area contributed by atoms with E-state index in [2.05, 4.69) is 20.8 Å². The molecule has 27 heavy (non-hydrogen) atoms. The first kappa shape index (κ1) is 18.1. The molecule has 0 saturated heterocycles. The van der Waals surface area contributed by atoms with E-state index in [9.17, 15) is 14.9 Å². The number of aromatic nitrogens is 3. The van der Waals surface area contributed by atoms with Crippen molar-refractivity contribution in [2.75, 3.05) is 18.4 Å². The molecule has 9 nitrogen and oxygen atoms in total. The zero-order valence-corrected chi connectivity index (χ0v) is 14.6. The number of aryl methyl sites for hydroxylation is 1. The van der Waals surface area contributed by atoms with Gasteiger partial charge in [0.2, 0.25) is 0 Å². The zero-order chi connectivity index (χ0) is 19.2. The van der Waals surface area contributed by atoms with Crippen molar-refractivity contribution in [3.05, 3.63) is 76.1 Å². The number of anilines is 1. The van der Waals surface area contributed by atoms with E-state index in [0.717, 1.165) is 11.4 Å². The Kier molecular flexibility index (Phi) is 5.41. The van der Waals surface area contributed by atoms with Crippen LogP contribution in [-0.2, 0) is 0 Å². The van der Waals surface area contributed by atoms with Crippen molar-refractivity contribution in [1.29, 1.82) is 0 Å². The lowest BCUT2D eigenvalue weighted by Crippen LogP contribution is -2.29. The molecular weight excluding hydrogens is 348 g/mol. The fourth-order valence-electron chi connectivity index (χ4n) is 2.43. The molecule has 0 aliphatic carbocycles. The molecule has 1 amide bonds. The van der Waals surface area contributed by atoms with Gasteiger partial charge in [0.05, 0.1) is 16.3 Å². The number of nitrogens with one attached hydrogen (secondary N) is 2. The van der Waals surface area contributed by atoms with Gasteiger partial charge in [0, 0.05) is 30.9 Å². The van der Waals surface area contributed by atoms with E-state index in [1.807, 2.05) is 30.3 Å². The summed E-state index contributed by atoms with van der Waals surface area (Å²) in [6, 6.07) is 15.4. The molecule has 1 heterocycles. The summed E-state index contributed by atoms with van der Waals surface area (Å²) in [6.07, 6.45) is 0. The van der Waals surface area contributed by atoms with Crippen LogP contribution < -0.4 is 10.6 Å². The number of carbonyl (C=O) groups excluding carboxylic acids is 1. The van der Waals surface area contributed by atoms with Crippen LogP contribution in [0.1, 0.15) is 16.2 Å². The summed E-state index contributed by atoms with van der Waals surface area (Å²) in [6.45, 7) is 2.57. The standard InChI is InChI=1S/C18H18N6O3/c1-13-17(22-23(21-13)15-5-3-2-4-6-15)18(25)20-12-11-19-14-7-9-16(10-8-14)24(26)27/h2-10,19H,11-12H2,1H3,(H,20,25). The molecule has 0 spiro atoms. The van der Waals surface area contributed by atoms with E-state index in [1.54, 1.807) is 19.1 Å². The van der Waals surface area contributed by atoms with Crippen LogP contribution in [0.15, 0.2) is 54.6 Å². The minimum atomic E-state index is -0.449.